The molecular weight excluding hydrogens is 515 g/mol. The summed E-state index contributed by atoms with van der Waals surface area (Å²) in [7, 11) is 0. The van der Waals surface area contributed by atoms with Crippen molar-refractivity contribution < 1.29 is 14.3 Å². The topological polar surface area (TPSA) is 58.6 Å². The summed E-state index contributed by atoms with van der Waals surface area (Å²) in [6, 6.07) is 14.2. The first kappa shape index (κ1) is 24.5. The van der Waals surface area contributed by atoms with Crippen LogP contribution in [0, 0.1) is 3.57 Å². The van der Waals surface area contributed by atoms with E-state index in [1.54, 1.807) is 11.0 Å². The van der Waals surface area contributed by atoms with Crippen LogP contribution in [0.4, 0.5) is 0 Å². The van der Waals surface area contributed by atoms with Crippen molar-refractivity contribution in [2.24, 2.45) is 0 Å². The van der Waals surface area contributed by atoms with E-state index in [-0.39, 0.29) is 25.0 Å². The summed E-state index contributed by atoms with van der Waals surface area (Å²) < 4.78 is 6.77. The number of carbonyl (C=O) groups is 2. The van der Waals surface area contributed by atoms with Crippen LogP contribution in [0.3, 0.4) is 0 Å². The molecule has 2 rings (SSSR count). The molecule has 2 aromatic carbocycles. The van der Waals surface area contributed by atoms with Gasteiger partial charge in [-0.25, -0.2) is 0 Å². The Morgan fingerprint density at radius 2 is 1.83 bits per heavy atom. The summed E-state index contributed by atoms with van der Waals surface area (Å²) in [6.45, 7) is 4.66. The molecule has 0 fully saturated rings. The Balaban J connectivity index is 2.17. The molecule has 5 nitrogen and oxygen atoms in total. The lowest BCUT2D eigenvalue weighted by Crippen LogP contribution is -2.50. The van der Waals surface area contributed by atoms with Crippen LogP contribution in [-0.4, -0.2) is 35.9 Å². The van der Waals surface area contributed by atoms with Crippen LogP contribution in [-0.2, 0) is 16.1 Å². The molecule has 0 aliphatic carbocycles. The molecule has 2 amide bonds. The fraction of sp³-hybridized carbons (Fsp3) is 0.391. The smallest absolute Gasteiger partial charge is 0.261 e. The second kappa shape index (κ2) is 12.8. The molecule has 0 aliphatic rings. The summed E-state index contributed by atoms with van der Waals surface area (Å²) in [4.78, 5) is 27.5. The number of amides is 2. The van der Waals surface area contributed by atoms with Crippen LogP contribution in [0.2, 0.25) is 5.02 Å². The number of benzene rings is 2. The molecule has 30 heavy (non-hydrogen) atoms. The fourth-order valence-corrected chi connectivity index (χ4v) is 3.55. The lowest BCUT2D eigenvalue weighted by atomic mass is 10.1. The van der Waals surface area contributed by atoms with Crippen molar-refractivity contribution in [1.29, 1.82) is 0 Å². The molecule has 0 aromatic heterocycles. The van der Waals surface area contributed by atoms with Gasteiger partial charge in [-0.2, -0.15) is 0 Å². The Labute approximate surface area is 197 Å². The minimum atomic E-state index is -0.592. The highest BCUT2D eigenvalue weighted by Crippen LogP contribution is 2.20. The third-order valence-corrected chi connectivity index (χ3v) is 5.78. The van der Waals surface area contributed by atoms with E-state index < -0.39 is 6.04 Å². The van der Waals surface area contributed by atoms with Crippen molar-refractivity contribution in [1.82, 2.24) is 10.2 Å². The SMILES string of the molecule is CCCCNC(=O)C(CC)N(Cc1ccccc1Cl)C(=O)COc1ccc(I)cc1. The van der Waals surface area contributed by atoms with Gasteiger partial charge < -0.3 is 15.0 Å². The third kappa shape index (κ3) is 7.47. The first-order chi connectivity index (χ1) is 14.5. The molecule has 0 bridgehead atoms. The van der Waals surface area contributed by atoms with Gasteiger partial charge in [0.1, 0.15) is 11.8 Å². The molecule has 1 atom stereocenters. The number of hydrogen-bond donors (Lipinski definition) is 1. The van der Waals surface area contributed by atoms with Crippen molar-refractivity contribution >= 4 is 46.0 Å². The van der Waals surface area contributed by atoms with Gasteiger partial charge in [-0.1, -0.05) is 50.1 Å². The lowest BCUT2D eigenvalue weighted by molar-refractivity contribution is -0.143. The molecule has 1 N–H and O–H groups in total. The maximum Gasteiger partial charge on any atom is 0.261 e. The molecule has 2 aromatic rings. The Morgan fingerprint density at radius 3 is 2.47 bits per heavy atom. The number of halogens is 2. The second-order valence-corrected chi connectivity index (χ2v) is 8.58. The Kier molecular flexibility index (Phi) is 10.4. The van der Waals surface area contributed by atoms with Crippen molar-refractivity contribution in [2.45, 2.75) is 45.7 Å². The van der Waals surface area contributed by atoms with Crippen LogP contribution in [0.25, 0.3) is 0 Å². The van der Waals surface area contributed by atoms with Gasteiger partial charge >= 0.3 is 0 Å². The quantitative estimate of drug-likeness (QED) is 0.319. The zero-order valence-electron chi connectivity index (χ0n) is 17.4. The van der Waals surface area contributed by atoms with Crippen molar-refractivity contribution in [3.63, 3.8) is 0 Å². The van der Waals surface area contributed by atoms with E-state index >= 15 is 0 Å². The van der Waals surface area contributed by atoms with E-state index in [2.05, 4.69) is 34.8 Å². The Morgan fingerprint density at radius 1 is 1.13 bits per heavy atom. The van der Waals surface area contributed by atoms with Crippen LogP contribution in [0.15, 0.2) is 48.5 Å². The lowest BCUT2D eigenvalue weighted by Gasteiger charge is -2.30. The maximum atomic E-state index is 13.1. The highest BCUT2D eigenvalue weighted by molar-refractivity contribution is 14.1. The standard InChI is InChI=1S/C23H28ClIN2O3/c1-3-5-14-26-23(29)21(4-2)27(15-17-8-6-7-9-20(17)24)22(28)16-30-19-12-10-18(25)11-13-19/h6-13,21H,3-5,14-16H2,1-2H3,(H,26,29). The molecule has 0 saturated heterocycles. The molecular formula is C23H28ClIN2O3. The molecule has 162 valence electrons. The summed E-state index contributed by atoms with van der Waals surface area (Å²) in [5, 5.41) is 3.51. The zero-order valence-corrected chi connectivity index (χ0v) is 20.3. The van der Waals surface area contributed by atoms with E-state index in [0.717, 1.165) is 22.0 Å². The maximum absolute atomic E-state index is 13.1. The number of carbonyl (C=O) groups excluding carboxylic acids is 2. The number of unbranched alkanes of at least 4 members (excludes halogenated alkanes) is 1. The molecule has 0 heterocycles. The number of nitrogens with one attached hydrogen (secondary N) is 1. The average molecular weight is 543 g/mol. The normalized spacial score (nSPS) is 11.6. The molecule has 0 spiro atoms. The average Bonchev–Trinajstić information content (AvgIpc) is 2.74. The molecule has 0 saturated carbocycles. The first-order valence-corrected chi connectivity index (χ1v) is 11.6. The minimum Gasteiger partial charge on any atom is -0.484 e. The van der Waals surface area contributed by atoms with E-state index in [1.807, 2.05) is 49.4 Å². The van der Waals surface area contributed by atoms with Crippen molar-refractivity contribution in [2.75, 3.05) is 13.2 Å². The van der Waals surface area contributed by atoms with Crippen LogP contribution >= 0.6 is 34.2 Å². The van der Waals surface area contributed by atoms with E-state index in [9.17, 15) is 9.59 Å². The number of hydrogen-bond acceptors (Lipinski definition) is 3. The van der Waals surface area contributed by atoms with Gasteiger partial charge in [0.2, 0.25) is 5.91 Å². The van der Waals surface area contributed by atoms with Crippen LogP contribution in [0.5, 0.6) is 5.75 Å². The fourth-order valence-electron chi connectivity index (χ4n) is 2.99. The van der Waals surface area contributed by atoms with Gasteiger partial charge in [-0.15, -0.1) is 0 Å². The highest BCUT2D eigenvalue weighted by atomic mass is 127. The van der Waals surface area contributed by atoms with Crippen molar-refractivity contribution in [3.05, 3.63) is 62.7 Å². The van der Waals surface area contributed by atoms with Gasteiger partial charge in [0.05, 0.1) is 0 Å². The predicted octanol–water partition coefficient (Wildman–Crippen LogP) is 5.05. The summed E-state index contributed by atoms with van der Waals surface area (Å²) in [6.07, 6.45) is 2.39. The molecule has 0 aliphatic heterocycles. The van der Waals surface area contributed by atoms with Crippen LogP contribution < -0.4 is 10.1 Å². The zero-order chi connectivity index (χ0) is 21.9. The monoisotopic (exact) mass is 542 g/mol. The highest BCUT2D eigenvalue weighted by Gasteiger charge is 2.29. The first-order valence-electron chi connectivity index (χ1n) is 10.1. The van der Waals surface area contributed by atoms with E-state index in [1.165, 1.54) is 0 Å². The van der Waals surface area contributed by atoms with Gasteiger partial charge in [0.25, 0.3) is 5.91 Å². The van der Waals surface area contributed by atoms with Crippen molar-refractivity contribution in [3.8, 4) is 5.75 Å². The third-order valence-electron chi connectivity index (χ3n) is 4.69. The summed E-state index contributed by atoms with van der Waals surface area (Å²) in [5.41, 5.74) is 0.793. The van der Waals surface area contributed by atoms with E-state index in [0.29, 0.717) is 23.7 Å². The van der Waals surface area contributed by atoms with Crippen LogP contribution in [0.1, 0.15) is 38.7 Å². The minimum absolute atomic E-state index is 0.149. The molecule has 0 radical (unpaired) electrons. The summed E-state index contributed by atoms with van der Waals surface area (Å²) >= 11 is 8.53. The van der Waals surface area contributed by atoms with E-state index in [4.69, 9.17) is 16.3 Å². The Hall–Kier alpha value is -1.80. The summed E-state index contributed by atoms with van der Waals surface area (Å²) in [5.74, 6) is 0.202. The van der Waals surface area contributed by atoms with Gasteiger partial charge in [0, 0.05) is 21.7 Å². The van der Waals surface area contributed by atoms with Gasteiger partial charge in [-0.3, -0.25) is 9.59 Å². The number of nitrogens with zero attached hydrogens (tertiary/aromatic N) is 1. The molecule has 1 unspecified atom stereocenters. The van der Waals surface area contributed by atoms with Gasteiger partial charge in [-0.05, 0) is 71.3 Å². The largest absolute Gasteiger partial charge is 0.484 e. The van der Waals surface area contributed by atoms with Gasteiger partial charge in [0.15, 0.2) is 6.61 Å². The number of rotatable bonds is 11. The second-order valence-electron chi connectivity index (χ2n) is 6.92. The molecule has 7 heteroatoms. The predicted molar refractivity (Wildman–Crippen MR) is 129 cm³/mol. The number of ether oxygens (including phenoxy) is 1. The Bertz CT molecular complexity index is 829.